The number of hydrogen-bond donors (Lipinski definition) is 2. The highest BCUT2D eigenvalue weighted by molar-refractivity contribution is 8.44. The predicted octanol–water partition coefficient (Wildman–Crippen LogP) is 2.80. The Morgan fingerprint density at radius 2 is 2.08 bits per heavy atom. The second kappa shape index (κ2) is 7.63. The molecule has 0 aromatic heterocycles. The van der Waals surface area contributed by atoms with Gasteiger partial charge in [0.25, 0.3) is 5.24 Å². The number of rotatable bonds is 7. The van der Waals surface area contributed by atoms with E-state index in [1.807, 2.05) is 36.7 Å². The van der Waals surface area contributed by atoms with Gasteiger partial charge in [-0.05, 0) is 42.7 Å². The molecule has 2 aliphatic heterocycles. The van der Waals surface area contributed by atoms with Crippen molar-refractivity contribution in [2.75, 3.05) is 19.4 Å². The highest BCUT2D eigenvalue weighted by atomic mass is 32.3. The highest BCUT2D eigenvalue weighted by Crippen LogP contribution is 2.43. The van der Waals surface area contributed by atoms with E-state index in [1.54, 1.807) is 0 Å². The summed E-state index contributed by atoms with van der Waals surface area (Å²) in [5, 5.41) is 3.87. The molecule has 2 N–H and O–H groups in total. The van der Waals surface area contributed by atoms with E-state index in [9.17, 15) is 9.59 Å². The van der Waals surface area contributed by atoms with Crippen LogP contribution >= 0.6 is 22.0 Å². The molecule has 3 rings (SSSR count). The number of ether oxygens (including phenoxy) is 1. The summed E-state index contributed by atoms with van der Waals surface area (Å²) < 4.78 is 9.23. The minimum absolute atomic E-state index is 0.211. The van der Waals surface area contributed by atoms with Crippen LogP contribution in [-0.4, -0.2) is 41.4 Å². The number of thioether (sulfide) groups is 1. The Morgan fingerprint density at radius 3 is 2.68 bits per heavy atom. The molecule has 0 saturated carbocycles. The number of aliphatic imine (C=N–C) groups is 1. The number of allylic oxidation sites excluding steroid dienone is 1. The Balaban J connectivity index is 1.43. The quantitative estimate of drug-likeness (QED) is 0.712. The van der Waals surface area contributed by atoms with Gasteiger partial charge < -0.3 is 4.74 Å². The van der Waals surface area contributed by atoms with Crippen molar-refractivity contribution in [3.63, 3.8) is 0 Å². The summed E-state index contributed by atoms with van der Waals surface area (Å²) >= 11 is 1.05. The Kier molecular flexibility index (Phi) is 5.51. The molecule has 6 nitrogen and oxygen atoms in total. The molecule has 1 aromatic carbocycles. The first-order valence-electron chi connectivity index (χ1n) is 7.92. The molecular formula is C17H21N3O3S2. The number of benzene rings is 1. The molecule has 8 heteroatoms. The molecule has 0 spiro atoms. The summed E-state index contributed by atoms with van der Waals surface area (Å²) in [6.45, 7) is 3.31. The molecule has 2 heterocycles. The standard InChI is InChI=1S/C17H21N3O3S2/c1-12-10-25(2,11-18-12)19-7-8-23-14-5-3-13(4-6-14)9-15-16(21)20-17(22)24-15/h3-6,10-11,15,19H,7-9H2,1-2H3,(H,20,21,22). The van der Waals surface area contributed by atoms with Crippen LogP contribution in [0.3, 0.4) is 0 Å². The Bertz CT molecular complexity index is 733. The maximum Gasteiger partial charge on any atom is 0.286 e. The lowest BCUT2D eigenvalue weighted by molar-refractivity contribution is -0.118. The maximum atomic E-state index is 11.6. The lowest BCUT2D eigenvalue weighted by atomic mass is 10.1. The summed E-state index contributed by atoms with van der Waals surface area (Å²) in [6.07, 6.45) is 2.69. The van der Waals surface area contributed by atoms with Gasteiger partial charge in [-0.15, -0.1) is 10.2 Å². The fraction of sp³-hybridized carbons (Fsp3) is 0.353. The summed E-state index contributed by atoms with van der Waals surface area (Å²) in [5.74, 6) is 0.578. The van der Waals surface area contributed by atoms with E-state index >= 15 is 0 Å². The van der Waals surface area contributed by atoms with Crippen LogP contribution in [0.15, 0.2) is 40.4 Å². The second-order valence-electron chi connectivity index (χ2n) is 6.02. The summed E-state index contributed by atoms with van der Waals surface area (Å²) in [7, 11) is -1.09. The molecule has 0 radical (unpaired) electrons. The monoisotopic (exact) mass is 379 g/mol. The Morgan fingerprint density at radius 1 is 1.32 bits per heavy atom. The molecule has 2 unspecified atom stereocenters. The number of nitrogens with zero attached hydrogens (tertiary/aromatic N) is 1. The normalized spacial score (nSPS) is 27.8. The van der Waals surface area contributed by atoms with Crippen LogP contribution < -0.4 is 14.8 Å². The van der Waals surface area contributed by atoms with Gasteiger partial charge in [0.1, 0.15) is 12.4 Å². The number of hydrogen-bond acceptors (Lipinski definition) is 6. The lowest BCUT2D eigenvalue weighted by Gasteiger charge is -2.26. The van der Waals surface area contributed by atoms with Gasteiger partial charge >= 0.3 is 0 Å². The van der Waals surface area contributed by atoms with Crippen LogP contribution in [0.4, 0.5) is 4.79 Å². The van der Waals surface area contributed by atoms with Crippen molar-refractivity contribution < 1.29 is 14.3 Å². The van der Waals surface area contributed by atoms with Gasteiger partial charge in [-0.25, -0.2) is 0 Å². The molecule has 2 atom stereocenters. The number of carbonyl (C=O) groups is 2. The fourth-order valence-electron chi connectivity index (χ4n) is 2.58. The summed E-state index contributed by atoms with van der Waals surface area (Å²) in [4.78, 5) is 27.1. The van der Waals surface area contributed by atoms with Crippen molar-refractivity contribution in [1.82, 2.24) is 10.0 Å². The van der Waals surface area contributed by atoms with Gasteiger partial charge in [0.2, 0.25) is 5.91 Å². The molecule has 1 fully saturated rings. The molecule has 1 aromatic rings. The van der Waals surface area contributed by atoms with Crippen molar-refractivity contribution in [2.45, 2.75) is 18.6 Å². The molecule has 134 valence electrons. The molecule has 2 aliphatic rings. The number of carbonyl (C=O) groups excluding carboxylic acids is 2. The van der Waals surface area contributed by atoms with E-state index in [0.717, 1.165) is 35.3 Å². The molecular weight excluding hydrogens is 358 g/mol. The third kappa shape index (κ3) is 4.87. The largest absolute Gasteiger partial charge is 0.492 e. The van der Waals surface area contributed by atoms with Gasteiger partial charge in [-0.1, -0.05) is 23.9 Å². The first-order valence-corrected chi connectivity index (χ1v) is 11.0. The fourth-order valence-corrected chi connectivity index (χ4v) is 5.34. The zero-order valence-electron chi connectivity index (χ0n) is 14.2. The highest BCUT2D eigenvalue weighted by Gasteiger charge is 2.31. The van der Waals surface area contributed by atoms with E-state index < -0.39 is 10.2 Å². The molecule has 0 bridgehead atoms. The predicted molar refractivity (Wildman–Crippen MR) is 104 cm³/mol. The molecule has 25 heavy (non-hydrogen) atoms. The van der Waals surface area contributed by atoms with Crippen LogP contribution in [0.5, 0.6) is 5.75 Å². The van der Waals surface area contributed by atoms with Crippen molar-refractivity contribution in [3.8, 4) is 5.75 Å². The van der Waals surface area contributed by atoms with Crippen LogP contribution in [0.25, 0.3) is 0 Å². The average Bonchev–Trinajstić information content (AvgIpc) is 3.07. The van der Waals surface area contributed by atoms with Gasteiger partial charge in [0, 0.05) is 12.2 Å². The Labute approximate surface area is 152 Å². The zero-order chi connectivity index (χ0) is 17.9. The SMILES string of the molecule is CC1=CS(C)(NCCOc2ccc(CC3SC(=O)NC3=O)cc2)C=N1. The first kappa shape index (κ1) is 18.0. The molecule has 1 saturated heterocycles. The first-order chi connectivity index (χ1) is 11.9. The van der Waals surface area contributed by atoms with Gasteiger partial charge in [0.15, 0.2) is 0 Å². The third-order valence-electron chi connectivity index (χ3n) is 3.79. The van der Waals surface area contributed by atoms with Crippen molar-refractivity contribution in [1.29, 1.82) is 0 Å². The van der Waals surface area contributed by atoms with E-state index in [-0.39, 0.29) is 16.4 Å². The van der Waals surface area contributed by atoms with E-state index in [4.69, 9.17) is 4.74 Å². The summed E-state index contributed by atoms with van der Waals surface area (Å²) in [5.41, 5.74) is 4.05. The van der Waals surface area contributed by atoms with Gasteiger partial charge in [0.05, 0.1) is 10.8 Å². The van der Waals surface area contributed by atoms with Crippen molar-refractivity contribution in [3.05, 3.63) is 40.9 Å². The smallest absolute Gasteiger partial charge is 0.286 e. The zero-order valence-corrected chi connectivity index (χ0v) is 15.8. The maximum absolute atomic E-state index is 11.6. The summed E-state index contributed by atoms with van der Waals surface area (Å²) in [6, 6.07) is 7.65. The van der Waals surface area contributed by atoms with Crippen LogP contribution in [0, 0.1) is 0 Å². The minimum atomic E-state index is -1.09. The molecule has 0 aliphatic carbocycles. The van der Waals surface area contributed by atoms with Crippen LogP contribution in [-0.2, 0) is 11.2 Å². The lowest BCUT2D eigenvalue weighted by Crippen LogP contribution is -2.25. The van der Waals surface area contributed by atoms with Gasteiger partial charge in [-0.2, -0.15) is 0 Å². The van der Waals surface area contributed by atoms with Crippen LogP contribution in [0.2, 0.25) is 0 Å². The second-order valence-corrected chi connectivity index (χ2v) is 10.0. The van der Waals surface area contributed by atoms with Crippen LogP contribution in [0.1, 0.15) is 12.5 Å². The van der Waals surface area contributed by atoms with Gasteiger partial charge in [-0.3, -0.25) is 24.6 Å². The number of nitrogens with one attached hydrogen (secondary N) is 2. The topological polar surface area (TPSA) is 79.8 Å². The average molecular weight is 380 g/mol. The number of amides is 2. The van der Waals surface area contributed by atoms with E-state index in [0.29, 0.717) is 13.0 Å². The van der Waals surface area contributed by atoms with Crippen molar-refractivity contribution >= 4 is 38.7 Å². The third-order valence-corrected chi connectivity index (χ3v) is 6.97. The minimum Gasteiger partial charge on any atom is -0.492 e. The Hall–Kier alpha value is -1.77. The molecule has 2 amide bonds. The van der Waals surface area contributed by atoms with E-state index in [1.165, 1.54) is 0 Å². The van der Waals surface area contributed by atoms with E-state index in [2.05, 4.69) is 26.7 Å². The number of imide groups is 1. The van der Waals surface area contributed by atoms with Crippen molar-refractivity contribution in [2.24, 2.45) is 4.99 Å².